The van der Waals surface area contributed by atoms with E-state index >= 15 is 0 Å². The normalized spacial score (nSPS) is 28.7. The number of nitrogens with zero attached hydrogens (tertiary/aromatic N) is 1. The Bertz CT molecular complexity index is 476. The largest absolute Gasteiger partial charge is 0.354 e. The summed E-state index contributed by atoms with van der Waals surface area (Å²) in [5.41, 5.74) is 0. The molecule has 7 nitrogen and oxygen atoms in total. The number of sulfone groups is 1. The van der Waals surface area contributed by atoms with Gasteiger partial charge in [0.05, 0.1) is 24.1 Å². The summed E-state index contributed by atoms with van der Waals surface area (Å²) in [6, 6.07) is -0.715. The van der Waals surface area contributed by atoms with Crippen LogP contribution in [0.4, 0.5) is 0 Å². The van der Waals surface area contributed by atoms with Crippen molar-refractivity contribution in [3.8, 4) is 0 Å². The lowest BCUT2D eigenvalue weighted by molar-refractivity contribution is -0.130. The first-order valence-corrected chi connectivity index (χ1v) is 8.21. The number of carbonyl (C=O) groups excluding carboxylic acids is 2. The quantitative estimate of drug-likeness (QED) is 0.633. The topological polar surface area (TPSA) is 95.6 Å². The Kier molecular flexibility index (Phi) is 4.10. The molecule has 2 fully saturated rings. The first-order valence-electron chi connectivity index (χ1n) is 6.39. The van der Waals surface area contributed by atoms with Crippen molar-refractivity contribution < 1.29 is 18.0 Å². The zero-order chi connectivity index (χ0) is 14.0. The number of hydrogen-bond donors (Lipinski definition) is 2. The first-order chi connectivity index (χ1) is 8.87. The van der Waals surface area contributed by atoms with Crippen molar-refractivity contribution in [1.29, 1.82) is 0 Å². The number of amides is 2. The fraction of sp³-hybridized carbons (Fsp3) is 0.818. The summed E-state index contributed by atoms with van der Waals surface area (Å²) >= 11 is 0. The van der Waals surface area contributed by atoms with E-state index in [0.717, 1.165) is 0 Å². The molecule has 0 aromatic carbocycles. The third-order valence-electron chi connectivity index (χ3n) is 3.57. The van der Waals surface area contributed by atoms with Gasteiger partial charge in [-0.3, -0.25) is 14.5 Å². The van der Waals surface area contributed by atoms with Crippen molar-refractivity contribution in [2.45, 2.75) is 25.4 Å². The maximum absolute atomic E-state index is 12.0. The molecule has 2 heterocycles. The average molecular weight is 289 g/mol. The van der Waals surface area contributed by atoms with Gasteiger partial charge in [-0.05, 0) is 13.3 Å². The second-order valence-corrected chi connectivity index (χ2v) is 7.33. The van der Waals surface area contributed by atoms with Crippen LogP contribution < -0.4 is 10.6 Å². The molecule has 2 unspecified atom stereocenters. The van der Waals surface area contributed by atoms with Gasteiger partial charge >= 0.3 is 0 Å². The van der Waals surface area contributed by atoms with Crippen LogP contribution in [-0.2, 0) is 19.4 Å². The molecule has 0 bridgehead atoms. The monoisotopic (exact) mass is 289 g/mol. The molecule has 2 N–H and O–H groups in total. The number of nitrogens with one attached hydrogen (secondary N) is 2. The van der Waals surface area contributed by atoms with Gasteiger partial charge in [-0.15, -0.1) is 0 Å². The third kappa shape index (κ3) is 3.66. The molecule has 0 radical (unpaired) electrons. The number of hydrogen-bond acceptors (Lipinski definition) is 5. The van der Waals surface area contributed by atoms with Crippen molar-refractivity contribution in [3.63, 3.8) is 0 Å². The van der Waals surface area contributed by atoms with E-state index in [1.54, 1.807) is 11.8 Å². The van der Waals surface area contributed by atoms with E-state index in [9.17, 15) is 18.0 Å². The molecular formula is C11H19N3O4S. The highest BCUT2D eigenvalue weighted by atomic mass is 32.2. The van der Waals surface area contributed by atoms with Crippen molar-refractivity contribution >= 4 is 21.7 Å². The Morgan fingerprint density at radius 3 is 2.84 bits per heavy atom. The molecule has 19 heavy (non-hydrogen) atoms. The van der Waals surface area contributed by atoms with Gasteiger partial charge in [-0.1, -0.05) is 0 Å². The molecular weight excluding hydrogens is 270 g/mol. The van der Waals surface area contributed by atoms with Gasteiger partial charge in [-0.25, -0.2) is 8.42 Å². The Morgan fingerprint density at radius 2 is 2.26 bits per heavy atom. The molecule has 2 aliphatic rings. The van der Waals surface area contributed by atoms with Crippen molar-refractivity contribution in [2.24, 2.45) is 0 Å². The highest BCUT2D eigenvalue weighted by Crippen LogP contribution is 2.12. The van der Waals surface area contributed by atoms with Gasteiger partial charge in [-0.2, -0.15) is 0 Å². The molecule has 2 aliphatic heterocycles. The maximum atomic E-state index is 12.0. The summed E-state index contributed by atoms with van der Waals surface area (Å²) in [4.78, 5) is 25.1. The van der Waals surface area contributed by atoms with E-state index in [4.69, 9.17) is 0 Å². The van der Waals surface area contributed by atoms with Crippen LogP contribution in [0, 0.1) is 0 Å². The maximum Gasteiger partial charge on any atom is 0.237 e. The van der Waals surface area contributed by atoms with Crippen LogP contribution in [0.5, 0.6) is 0 Å². The Hall–Kier alpha value is -1.15. The second-order valence-electron chi connectivity index (χ2n) is 5.10. The minimum Gasteiger partial charge on any atom is -0.354 e. The Balaban J connectivity index is 1.87. The van der Waals surface area contributed by atoms with Crippen LogP contribution in [0.1, 0.15) is 13.3 Å². The minimum atomic E-state index is -2.99. The molecule has 2 rings (SSSR count). The molecule has 0 aliphatic carbocycles. The fourth-order valence-corrected chi connectivity index (χ4v) is 4.06. The average Bonchev–Trinajstić information content (AvgIpc) is 2.67. The van der Waals surface area contributed by atoms with Crippen LogP contribution in [0.3, 0.4) is 0 Å². The highest BCUT2D eigenvalue weighted by Gasteiger charge is 2.32. The van der Waals surface area contributed by atoms with Crippen molar-refractivity contribution in [2.75, 3.05) is 31.1 Å². The molecule has 0 aromatic heterocycles. The van der Waals surface area contributed by atoms with Crippen LogP contribution in [0.2, 0.25) is 0 Å². The van der Waals surface area contributed by atoms with Gasteiger partial charge < -0.3 is 10.6 Å². The summed E-state index contributed by atoms with van der Waals surface area (Å²) < 4.78 is 22.6. The van der Waals surface area contributed by atoms with E-state index in [1.165, 1.54) is 0 Å². The molecule has 2 amide bonds. The van der Waals surface area contributed by atoms with Crippen molar-refractivity contribution in [1.82, 2.24) is 15.5 Å². The summed E-state index contributed by atoms with van der Waals surface area (Å²) in [5.74, 6) is -0.143. The summed E-state index contributed by atoms with van der Waals surface area (Å²) in [7, 11) is -2.99. The smallest absolute Gasteiger partial charge is 0.237 e. The van der Waals surface area contributed by atoms with Gasteiger partial charge in [0.15, 0.2) is 9.84 Å². The fourth-order valence-electron chi connectivity index (χ4n) is 2.39. The van der Waals surface area contributed by atoms with E-state index < -0.39 is 15.9 Å². The Morgan fingerprint density at radius 1 is 1.53 bits per heavy atom. The highest BCUT2D eigenvalue weighted by molar-refractivity contribution is 7.91. The molecule has 0 saturated carbocycles. The second kappa shape index (κ2) is 5.46. The number of rotatable bonds is 3. The Labute approximate surface area is 112 Å². The lowest BCUT2D eigenvalue weighted by atomic mass is 10.2. The van der Waals surface area contributed by atoms with Crippen LogP contribution in [-0.4, -0.2) is 68.4 Å². The zero-order valence-corrected chi connectivity index (χ0v) is 11.7. The predicted molar refractivity (Wildman–Crippen MR) is 69.2 cm³/mol. The minimum absolute atomic E-state index is 0.0198. The summed E-state index contributed by atoms with van der Waals surface area (Å²) in [5, 5.41) is 5.45. The van der Waals surface area contributed by atoms with Crippen LogP contribution >= 0.6 is 0 Å². The van der Waals surface area contributed by atoms with E-state index in [-0.39, 0.29) is 35.9 Å². The summed E-state index contributed by atoms with van der Waals surface area (Å²) in [6.45, 7) is 3.10. The predicted octanol–water partition coefficient (Wildman–Crippen LogP) is -1.89. The van der Waals surface area contributed by atoms with Gasteiger partial charge in [0.2, 0.25) is 11.8 Å². The molecule has 0 spiro atoms. The van der Waals surface area contributed by atoms with Gasteiger partial charge in [0, 0.05) is 19.1 Å². The summed E-state index contributed by atoms with van der Waals surface area (Å²) in [6.07, 6.45) is 0.473. The molecule has 108 valence electrons. The molecule has 0 aromatic rings. The lowest BCUT2D eigenvalue weighted by Crippen LogP contribution is -2.56. The molecule has 2 saturated heterocycles. The molecule has 8 heteroatoms. The number of carbonyl (C=O) groups is 2. The van der Waals surface area contributed by atoms with Gasteiger partial charge in [0.25, 0.3) is 0 Å². The lowest BCUT2D eigenvalue weighted by Gasteiger charge is -2.31. The van der Waals surface area contributed by atoms with E-state index in [0.29, 0.717) is 19.5 Å². The SMILES string of the molecule is CC(C(=O)NC1CCS(=O)(=O)C1)N1CCNC(=O)C1. The standard InChI is InChI=1S/C11H19N3O4S/c1-8(14-4-3-12-10(15)6-14)11(16)13-9-2-5-19(17,18)7-9/h8-9H,2-7H2,1H3,(H,12,15)(H,13,16). The van der Waals surface area contributed by atoms with Crippen LogP contribution in [0.25, 0.3) is 0 Å². The first kappa shape index (κ1) is 14.3. The zero-order valence-electron chi connectivity index (χ0n) is 10.9. The van der Waals surface area contributed by atoms with Crippen LogP contribution in [0.15, 0.2) is 0 Å². The van der Waals surface area contributed by atoms with E-state index in [1.807, 2.05) is 0 Å². The third-order valence-corrected chi connectivity index (χ3v) is 5.34. The van der Waals surface area contributed by atoms with Gasteiger partial charge in [0.1, 0.15) is 0 Å². The molecule has 2 atom stereocenters. The van der Waals surface area contributed by atoms with E-state index in [2.05, 4.69) is 10.6 Å². The number of piperazine rings is 1. The van der Waals surface area contributed by atoms with Crippen molar-refractivity contribution in [3.05, 3.63) is 0 Å².